The molecule has 0 aliphatic heterocycles. The standard InChI is InChI=1S/C10H10BrN3O4/c11-7-3-12-4-8(14(17)18)10(7)13(5-9(15)16)6-1-2-6/h3-4,6H,1-2,5H2,(H,15,16). The average Bonchev–Trinajstić information content (AvgIpc) is 3.09. The van der Waals surface area contributed by atoms with Gasteiger partial charge in [-0.2, -0.15) is 0 Å². The van der Waals surface area contributed by atoms with Crippen molar-refractivity contribution in [2.75, 3.05) is 11.4 Å². The van der Waals surface area contributed by atoms with Gasteiger partial charge in [0.25, 0.3) is 0 Å². The third kappa shape index (κ3) is 2.58. The smallest absolute Gasteiger partial charge is 0.323 e. The van der Waals surface area contributed by atoms with Crippen LogP contribution in [0.2, 0.25) is 0 Å². The minimum atomic E-state index is -1.01. The van der Waals surface area contributed by atoms with Crippen LogP contribution in [0.3, 0.4) is 0 Å². The lowest BCUT2D eigenvalue weighted by molar-refractivity contribution is -0.384. The predicted molar refractivity (Wildman–Crippen MR) is 66.6 cm³/mol. The number of aromatic nitrogens is 1. The third-order valence-corrected chi connectivity index (χ3v) is 3.21. The molecule has 1 heterocycles. The average molecular weight is 316 g/mol. The molecule has 1 aromatic heterocycles. The van der Waals surface area contributed by atoms with Crippen molar-refractivity contribution in [2.24, 2.45) is 0 Å². The van der Waals surface area contributed by atoms with Gasteiger partial charge < -0.3 is 10.0 Å². The molecule has 0 bridgehead atoms. The lowest BCUT2D eigenvalue weighted by Gasteiger charge is -2.23. The first kappa shape index (κ1) is 12.7. The number of carbonyl (C=O) groups is 1. The van der Waals surface area contributed by atoms with Crippen molar-refractivity contribution in [2.45, 2.75) is 18.9 Å². The van der Waals surface area contributed by atoms with Gasteiger partial charge in [0.2, 0.25) is 0 Å². The van der Waals surface area contributed by atoms with E-state index in [1.54, 1.807) is 4.90 Å². The Labute approximate surface area is 111 Å². The van der Waals surface area contributed by atoms with Crippen molar-refractivity contribution < 1.29 is 14.8 Å². The second-order valence-electron chi connectivity index (χ2n) is 4.00. The highest BCUT2D eigenvalue weighted by atomic mass is 79.9. The number of hydrogen-bond acceptors (Lipinski definition) is 5. The summed E-state index contributed by atoms with van der Waals surface area (Å²) in [6, 6.07) is 0.0542. The first-order valence-electron chi connectivity index (χ1n) is 5.27. The fraction of sp³-hybridized carbons (Fsp3) is 0.400. The minimum Gasteiger partial charge on any atom is -0.480 e. The maximum atomic E-state index is 11.0. The zero-order valence-corrected chi connectivity index (χ0v) is 10.8. The van der Waals surface area contributed by atoms with E-state index in [1.807, 2.05) is 0 Å². The Morgan fingerprint density at radius 3 is 2.78 bits per heavy atom. The molecule has 1 saturated carbocycles. The van der Waals surface area contributed by atoms with Gasteiger partial charge in [-0.25, -0.2) is 0 Å². The summed E-state index contributed by atoms with van der Waals surface area (Å²) < 4.78 is 0.435. The molecule has 0 amide bonds. The van der Waals surface area contributed by atoms with Gasteiger partial charge in [0.15, 0.2) is 0 Å². The van der Waals surface area contributed by atoms with Crippen LogP contribution in [0.4, 0.5) is 11.4 Å². The maximum Gasteiger partial charge on any atom is 0.323 e. The summed E-state index contributed by atoms with van der Waals surface area (Å²) in [7, 11) is 0. The number of rotatable bonds is 5. The van der Waals surface area contributed by atoms with Crippen molar-refractivity contribution in [1.82, 2.24) is 4.98 Å². The summed E-state index contributed by atoms with van der Waals surface area (Å²) in [5.74, 6) is -1.01. The van der Waals surface area contributed by atoms with E-state index in [4.69, 9.17) is 5.11 Å². The van der Waals surface area contributed by atoms with Crippen LogP contribution >= 0.6 is 15.9 Å². The highest BCUT2D eigenvalue weighted by Gasteiger charge is 2.35. The largest absolute Gasteiger partial charge is 0.480 e. The van der Waals surface area contributed by atoms with Gasteiger partial charge in [-0.1, -0.05) is 0 Å². The van der Waals surface area contributed by atoms with Crippen molar-refractivity contribution >= 4 is 33.3 Å². The lowest BCUT2D eigenvalue weighted by atomic mass is 10.3. The van der Waals surface area contributed by atoms with Crippen LogP contribution < -0.4 is 4.90 Å². The van der Waals surface area contributed by atoms with Gasteiger partial charge in [-0.05, 0) is 28.8 Å². The molecule has 1 aromatic rings. The maximum absolute atomic E-state index is 11.0. The zero-order chi connectivity index (χ0) is 13.3. The molecule has 1 fully saturated rings. The summed E-state index contributed by atoms with van der Waals surface area (Å²) in [6.45, 7) is -0.256. The quantitative estimate of drug-likeness (QED) is 0.657. The SMILES string of the molecule is O=C(O)CN(c1c(Br)cncc1[N+](=O)[O-])C1CC1. The zero-order valence-electron chi connectivity index (χ0n) is 9.24. The first-order chi connectivity index (χ1) is 8.50. The number of nitro groups is 1. The highest BCUT2D eigenvalue weighted by Crippen LogP contribution is 2.40. The van der Waals surface area contributed by atoms with E-state index >= 15 is 0 Å². The monoisotopic (exact) mass is 315 g/mol. The number of carboxylic acid groups (broad SMARTS) is 1. The second kappa shape index (κ2) is 4.89. The number of carboxylic acids is 1. The number of nitrogens with zero attached hydrogens (tertiary/aromatic N) is 3. The number of pyridine rings is 1. The van der Waals surface area contributed by atoms with Gasteiger partial charge in [0, 0.05) is 12.2 Å². The van der Waals surface area contributed by atoms with Crippen LogP contribution in [0, 0.1) is 10.1 Å². The Balaban J connectivity index is 2.45. The van der Waals surface area contributed by atoms with Crippen LogP contribution in [0.5, 0.6) is 0 Å². The Hall–Kier alpha value is -1.70. The second-order valence-corrected chi connectivity index (χ2v) is 4.85. The van der Waals surface area contributed by atoms with Crippen molar-refractivity contribution in [1.29, 1.82) is 0 Å². The van der Waals surface area contributed by atoms with Crippen LogP contribution in [0.15, 0.2) is 16.9 Å². The molecule has 0 radical (unpaired) electrons. The van der Waals surface area contributed by atoms with E-state index in [9.17, 15) is 14.9 Å². The van der Waals surface area contributed by atoms with Crippen molar-refractivity contribution in [3.63, 3.8) is 0 Å². The van der Waals surface area contributed by atoms with Crippen LogP contribution in [0.25, 0.3) is 0 Å². The van der Waals surface area contributed by atoms with E-state index in [0.29, 0.717) is 10.2 Å². The molecule has 8 heteroatoms. The molecule has 2 rings (SSSR count). The van der Waals surface area contributed by atoms with Crippen molar-refractivity contribution in [3.8, 4) is 0 Å². The molecule has 7 nitrogen and oxygen atoms in total. The Morgan fingerprint density at radius 2 is 2.28 bits per heavy atom. The van der Waals surface area contributed by atoms with Crippen LogP contribution in [-0.4, -0.2) is 33.6 Å². The number of anilines is 1. The Kier molecular flexibility index (Phi) is 3.46. The lowest BCUT2D eigenvalue weighted by Crippen LogP contribution is -2.32. The molecule has 0 saturated heterocycles. The number of halogens is 1. The molecular weight excluding hydrogens is 306 g/mol. The molecule has 18 heavy (non-hydrogen) atoms. The molecule has 0 aromatic carbocycles. The topological polar surface area (TPSA) is 96.6 Å². The first-order valence-corrected chi connectivity index (χ1v) is 6.06. The number of aliphatic carboxylic acids is 1. The normalized spacial score (nSPS) is 14.3. The van der Waals surface area contributed by atoms with Gasteiger partial charge >= 0.3 is 11.7 Å². The summed E-state index contributed by atoms with van der Waals surface area (Å²) in [5, 5.41) is 19.9. The van der Waals surface area contributed by atoms with E-state index in [0.717, 1.165) is 19.0 Å². The Bertz CT molecular complexity index is 504. The van der Waals surface area contributed by atoms with Crippen LogP contribution in [0.1, 0.15) is 12.8 Å². The number of hydrogen-bond donors (Lipinski definition) is 1. The fourth-order valence-electron chi connectivity index (χ4n) is 1.76. The summed E-state index contributed by atoms with van der Waals surface area (Å²) >= 11 is 3.20. The highest BCUT2D eigenvalue weighted by molar-refractivity contribution is 9.10. The van der Waals surface area contributed by atoms with Crippen molar-refractivity contribution in [3.05, 3.63) is 27.0 Å². The minimum absolute atomic E-state index is 0.0542. The van der Waals surface area contributed by atoms with E-state index < -0.39 is 10.9 Å². The molecule has 0 spiro atoms. The van der Waals surface area contributed by atoms with E-state index in [1.165, 1.54) is 6.20 Å². The molecule has 96 valence electrons. The summed E-state index contributed by atoms with van der Waals surface area (Å²) in [6.07, 6.45) is 4.26. The molecule has 0 unspecified atom stereocenters. The third-order valence-electron chi connectivity index (χ3n) is 2.63. The molecular formula is C10H10BrN3O4. The van der Waals surface area contributed by atoms with Gasteiger partial charge in [-0.3, -0.25) is 19.9 Å². The van der Waals surface area contributed by atoms with E-state index in [2.05, 4.69) is 20.9 Å². The summed E-state index contributed by atoms with van der Waals surface area (Å²) in [5.41, 5.74) is 0.109. The molecule has 1 aliphatic rings. The fourth-order valence-corrected chi connectivity index (χ4v) is 2.31. The summed E-state index contributed by atoms with van der Waals surface area (Å²) in [4.78, 5) is 26.6. The van der Waals surface area contributed by atoms with Gasteiger partial charge in [-0.15, -0.1) is 0 Å². The predicted octanol–water partition coefficient (Wildman–Crippen LogP) is 1.81. The molecule has 1 aliphatic carbocycles. The Morgan fingerprint density at radius 1 is 1.61 bits per heavy atom. The molecule has 1 N–H and O–H groups in total. The van der Waals surface area contributed by atoms with Gasteiger partial charge in [0.05, 0.1) is 9.40 Å². The van der Waals surface area contributed by atoms with E-state index in [-0.39, 0.29) is 18.3 Å². The molecule has 0 atom stereocenters. The van der Waals surface area contributed by atoms with Crippen LogP contribution in [-0.2, 0) is 4.79 Å². The van der Waals surface area contributed by atoms with Gasteiger partial charge in [0.1, 0.15) is 18.4 Å².